The van der Waals surface area contributed by atoms with Crippen molar-refractivity contribution in [3.8, 4) is 11.5 Å². The summed E-state index contributed by atoms with van der Waals surface area (Å²) in [7, 11) is 0. The second-order valence-corrected chi connectivity index (χ2v) is 5.15. The van der Waals surface area contributed by atoms with E-state index >= 15 is 0 Å². The third-order valence-corrected chi connectivity index (χ3v) is 3.44. The van der Waals surface area contributed by atoms with E-state index in [1.807, 2.05) is 0 Å². The minimum absolute atomic E-state index is 0.157. The monoisotopic (exact) mass is 329 g/mol. The lowest BCUT2D eigenvalue weighted by atomic mass is 10.3. The highest BCUT2D eigenvalue weighted by Gasteiger charge is 2.09. The van der Waals surface area contributed by atoms with Crippen molar-refractivity contribution in [1.29, 1.82) is 0 Å². The molecule has 0 aliphatic rings. The lowest BCUT2D eigenvalue weighted by Gasteiger charge is -2.08. The molecule has 1 amide bonds. The van der Waals surface area contributed by atoms with Gasteiger partial charge in [0.1, 0.15) is 12.2 Å². The van der Waals surface area contributed by atoms with Gasteiger partial charge in [-0.1, -0.05) is 23.7 Å². The molecule has 6 nitrogen and oxygen atoms in total. The molecule has 2 heterocycles. The maximum atomic E-state index is 12.1. The average Bonchev–Trinajstić information content (AvgIpc) is 3.06. The topological polar surface area (TPSA) is 77.1 Å². The van der Waals surface area contributed by atoms with Gasteiger partial charge in [0, 0.05) is 6.07 Å². The van der Waals surface area contributed by atoms with E-state index in [2.05, 4.69) is 10.3 Å². The maximum absolute atomic E-state index is 12.1. The lowest BCUT2D eigenvalue weighted by molar-refractivity contribution is -0.116. The van der Waals surface area contributed by atoms with E-state index in [1.54, 1.807) is 36.4 Å². The molecule has 116 valence electrons. The van der Waals surface area contributed by atoms with Gasteiger partial charge in [-0.2, -0.15) is 0 Å². The van der Waals surface area contributed by atoms with Crippen LogP contribution in [0.2, 0.25) is 5.02 Å². The molecule has 0 fully saturated rings. The summed E-state index contributed by atoms with van der Waals surface area (Å²) in [6.07, 6.45) is 2.81. The molecule has 1 aromatic carbocycles. The molecule has 7 heteroatoms. The van der Waals surface area contributed by atoms with Crippen LogP contribution in [0.3, 0.4) is 0 Å². The molecule has 3 aromatic rings. The first kappa shape index (κ1) is 15.1. The van der Waals surface area contributed by atoms with Crippen molar-refractivity contribution in [2.24, 2.45) is 0 Å². The van der Waals surface area contributed by atoms with E-state index in [1.165, 1.54) is 23.2 Å². The molecule has 0 radical (unpaired) electrons. The zero-order chi connectivity index (χ0) is 16.2. The zero-order valence-corrected chi connectivity index (χ0v) is 12.7. The first-order valence-corrected chi connectivity index (χ1v) is 7.16. The van der Waals surface area contributed by atoms with Crippen LogP contribution in [0, 0.1) is 0 Å². The van der Waals surface area contributed by atoms with E-state index in [9.17, 15) is 9.59 Å². The van der Waals surface area contributed by atoms with Gasteiger partial charge in [-0.25, -0.2) is 4.98 Å². The zero-order valence-electron chi connectivity index (χ0n) is 11.9. The highest BCUT2D eigenvalue weighted by atomic mass is 35.5. The quantitative estimate of drug-likeness (QED) is 0.798. The van der Waals surface area contributed by atoms with Crippen LogP contribution in [0.4, 0.5) is 5.69 Å². The van der Waals surface area contributed by atoms with Gasteiger partial charge in [-0.05, 0) is 24.3 Å². The number of rotatable bonds is 4. The Morgan fingerprint density at radius 2 is 2.09 bits per heavy atom. The van der Waals surface area contributed by atoms with Crippen molar-refractivity contribution in [2.75, 3.05) is 5.32 Å². The van der Waals surface area contributed by atoms with E-state index in [-0.39, 0.29) is 18.0 Å². The molecule has 0 aliphatic heterocycles. The standard InChI is InChI=1S/C16H12ClN3O3/c17-11-4-1-2-5-12(11)19-15(21)9-20-10-18-13(8-16(20)22)14-6-3-7-23-14/h1-8,10H,9H2,(H,19,21). The van der Waals surface area contributed by atoms with Crippen LogP contribution in [-0.2, 0) is 11.3 Å². The number of anilines is 1. The number of carbonyl (C=O) groups is 1. The average molecular weight is 330 g/mol. The molecule has 23 heavy (non-hydrogen) atoms. The van der Waals surface area contributed by atoms with Gasteiger partial charge in [0.05, 0.1) is 23.3 Å². The van der Waals surface area contributed by atoms with E-state index in [0.29, 0.717) is 22.2 Å². The molecule has 0 atom stereocenters. The number of para-hydroxylation sites is 1. The number of amides is 1. The summed E-state index contributed by atoms with van der Waals surface area (Å²) in [5, 5.41) is 3.08. The predicted octanol–water partition coefficient (Wildman–Crippen LogP) is 2.80. The molecule has 0 saturated heterocycles. The van der Waals surface area contributed by atoms with Crippen LogP contribution in [0.1, 0.15) is 0 Å². The number of furan rings is 1. The van der Waals surface area contributed by atoms with Crippen molar-refractivity contribution in [3.05, 3.63) is 70.4 Å². The molecular weight excluding hydrogens is 318 g/mol. The summed E-state index contributed by atoms with van der Waals surface area (Å²) < 4.78 is 6.39. The van der Waals surface area contributed by atoms with Crippen molar-refractivity contribution in [1.82, 2.24) is 9.55 Å². The van der Waals surface area contributed by atoms with E-state index in [0.717, 1.165) is 0 Å². The first-order chi connectivity index (χ1) is 11.1. The highest BCUT2D eigenvalue weighted by molar-refractivity contribution is 6.33. The number of nitrogens with one attached hydrogen (secondary N) is 1. The number of aromatic nitrogens is 2. The van der Waals surface area contributed by atoms with Crippen molar-refractivity contribution >= 4 is 23.2 Å². The van der Waals surface area contributed by atoms with Crippen LogP contribution in [0.15, 0.2) is 64.3 Å². The number of nitrogens with zero attached hydrogens (tertiary/aromatic N) is 2. The van der Waals surface area contributed by atoms with Crippen molar-refractivity contribution < 1.29 is 9.21 Å². The molecule has 0 spiro atoms. The van der Waals surface area contributed by atoms with Crippen LogP contribution in [0.25, 0.3) is 11.5 Å². The minimum atomic E-state index is -0.368. The Labute approximate surface area is 136 Å². The highest BCUT2D eigenvalue weighted by Crippen LogP contribution is 2.20. The van der Waals surface area contributed by atoms with Crippen LogP contribution < -0.4 is 10.9 Å². The fourth-order valence-corrected chi connectivity index (χ4v) is 2.19. The van der Waals surface area contributed by atoms with Gasteiger partial charge < -0.3 is 9.73 Å². The van der Waals surface area contributed by atoms with Gasteiger partial charge >= 0.3 is 0 Å². The smallest absolute Gasteiger partial charge is 0.254 e. The molecule has 0 aliphatic carbocycles. The molecule has 0 bridgehead atoms. The number of benzene rings is 1. The Morgan fingerprint density at radius 3 is 2.78 bits per heavy atom. The van der Waals surface area contributed by atoms with Gasteiger partial charge in [0.25, 0.3) is 5.56 Å². The molecule has 1 N–H and O–H groups in total. The number of carbonyl (C=O) groups excluding carboxylic acids is 1. The van der Waals surface area contributed by atoms with Crippen LogP contribution in [-0.4, -0.2) is 15.5 Å². The molecule has 2 aromatic heterocycles. The molecule has 0 saturated carbocycles. The number of hydrogen-bond donors (Lipinski definition) is 1. The summed E-state index contributed by atoms with van der Waals surface area (Å²) >= 11 is 5.97. The van der Waals surface area contributed by atoms with Gasteiger partial charge in [-0.3, -0.25) is 14.2 Å². The summed E-state index contributed by atoms with van der Waals surface area (Å²) in [6.45, 7) is -0.157. The number of halogens is 1. The van der Waals surface area contributed by atoms with Crippen molar-refractivity contribution in [3.63, 3.8) is 0 Å². The van der Waals surface area contributed by atoms with E-state index in [4.69, 9.17) is 16.0 Å². The largest absolute Gasteiger partial charge is 0.463 e. The summed E-state index contributed by atoms with van der Waals surface area (Å²) in [4.78, 5) is 28.2. The summed E-state index contributed by atoms with van der Waals surface area (Å²) in [5.74, 6) is 0.127. The van der Waals surface area contributed by atoms with Gasteiger partial charge in [0.15, 0.2) is 5.76 Å². The Morgan fingerprint density at radius 1 is 1.26 bits per heavy atom. The maximum Gasteiger partial charge on any atom is 0.254 e. The fraction of sp³-hybridized carbons (Fsp3) is 0.0625. The minimum Gasteiger partial charge on any atom is -0.463 e. The van der Waals surface area contributed by atoms with Gasteiger partial charge in [0.2, 0.25) is 5.91 Å². The molecule has 0 unspecified atom stereocenters. The SMILES string of the molecule is O=C(Cn1cnc(-c2ccco2)cc1=O)Nc1ccccc1Cl. The first-order valence-electron chi connectivity index (χ1n) is 6.78. The Hall–Kier alpha value is -2.86. The normalized spacial score (nSPS) is 10.5. The van der Waals surface area contributed by atoms with Crippen molar-refractivity contribution in [2.45, 2.75) is 6.54 Å². The van der Waals surface area contributed by atoms with E-state index < -0.39 is 0 Å². The lowest BCUT2D eigenvalue weighted by Crippen LogP contribution is -2.27. The van der Waals surface area contributed by atoms with Crippen LogP contribution >= 0.6 is 11.6 Å². The molecular formula is C16H12ClN3O3. The van der Waals surface area contributed by atoms with Gasteiger partial charge in [-0.15, -0.1) is 0 Å². The Kier molecular flexibility index (Phi) is 4.25. The second-order valence-electron chi connectivity index (χ2n) is 4.75. The fourth-order valence-electron chi connectivity index (χ4n) is 2.01. The Balaban J connectivity index is 1.74. The van der Waals surface area contributed by atoms with Crippen LogP contribution in [0.5, 0.6) is 0 Å². The second kappa shape index (κ2) is 6.50. The molecule has 3 rings (SSSR count). The predicted molar refractivity (Wildman–Crippen MR) is 86.3 cm³/mol. The third-order valence-electron chi connectivity index (χ3n) is 3.11. The summed E-state index contributed by atoms with van der Waals surface area (Å²) in [6, 6.07) is 11.6. The Bertz CT molecular complexity index is 888. The third kappa shape index (κ3) is 3.49. The summed E-state index contributed by atoms with van der Waals surface area (Å²) in [5.41, 5.74) is 0.566. The number of hydrogen-bond acceptors (Lipinski definition) is 4.